The van der Waals surface area contributed by atoms with Gasteiger partial charge in [-0.1, -0.05) is 42.5 Å². The predicted octanol–water partition coefficient (Wildman–Crippen LogP) is 3.50. The van der Waals surface area contributed by atoms with Crippen molar-refractivity contribution in [3.63, 3.8) is 0 Å². The number of benzene rings is 2. The molecule has 4 atom stereocenters. The van der Waals surface area contributed by atoms with Crippen LogP contribution >= 0.6 is 0 Å². The van der Waals surface area contributed by atoms with Crippen LogP contribution in [0.15, 0.2) is 60.7 Å². The number of carbonyl (C=O) groups is 1. The Labute approximate surface area is 205 Å². The van der Waals surface area contributed by atoms with Gasteiger partial charge in [0.25, 0.3) is 0 Å². The number of ether oxygens (including phenoxy) is 1. The lowest BCUT2D eigenvalue weighted by atomic mass is 9.77. The minimum absolute atomic E-state index is 0.00195. The van der Waals surface area contributed by atoms with Gasteiger partial charge in [-0.15, -0.1) is 0 Å². The van der Waals surface area contributed by atoms with E-state index in [2.05, 4.69) is 4.72 Å². The highest BCUT2D eigenvalue weighted by atomic mass is 32.2. The van der Waals surface area contributed by atoms with Crippen molar-refractivity contribution in [3.05, 3.63) is 77.4 Å². The van der Waals surface area contributed by atoms with Crippen molar-refractivity contribution in [1.82, 2.24) is 4.90 Å². The second-order valence-corrected chi connectivity index (χ2v) is 10.4. The first-order valence-electron chi connectivity index (χ1n) is 10.9. The van der Waals surface area contributed by atoms with Gasteiger partial charge in [0.05, 0.1) is 28.5 Å². The molecule has 12 heteroatoms. The highest BCUT2D eigenvalue weighted by Gasteiger charge is 2.52. The lowest BCUT2D eigenvalue weighted by molar-refractivity contribution is -0.137. The number of piperidine rings is 1. The number of rotatable bonds is 6. The number of nitriles is 1. The van der Waals surface area contributed by atoms with Crippen molar-refractivity contribution in [2.24, 2.45) is 11.8 Å². The average molecular weight is 522 g/mol. The molecular formula is C24H22F3N3O5S. The van der Waals surface area contributed by atoms with Crippen molar-refractivity contribution in [2.45, 2.75) is 24.1 Å². The minimum atomic E-state index is -4.85. The van der Waals surface area contributed by atoms with Crippen LogP contribution in [0.2, 0.25) is 0 Å². The van der Waals surface area contributed by atoms with Crippen molar-refractivity contribution in [3.8, 4) is 6.07 Å². The van der Waals surface area contributed by atoms with Crippen LogP contribution in [0.3, 0.4) is 0 Å². The molecule has 5 rings (SSSR count). The molecule has 2 heterocycles. The van der Waals surface area contributed by atoms with Gasteiger partial charge in [0, 0.05) is 30.7 Å². The second kappa shape index (κ2) is 9.83. The monoisotopic (exact) mass is 521 g/mol. The Bertz CT molecular complexity index is 1310. The molecule has 8 nitrogen and oxygen atoms in total. The number of sulfonamides is 1. The quantitative estimate of drug-likeness (QED) is 0.562. The molecule has 36 heavy (non-hydrogen) atoms. The molecule has 0 unspecified atom stereocenters. The largest absolute Gasteiger partial charge is 0.445 e. The first-order valence-corrected chi connectivity index (χ1v) is 12.5. The van der Waals surface area contributed by atoms with E-state index in [1.807, 2.05) is 6.07 Å². The molecule has 2 aromatic rings. The number of fused-ring (bicyclic) bond motifs is 2. The molecule has 190 valence electrons. The Morgan fingerprint density at radius 1 is 1.19 bits per heavy atom. The summed E-state index contributed by atoms with van der Waals surface area (Å²) in [6.07, 6.45) is -2.26. The topological polar surface area (TPSA) is 120 Å². The van der Waals surface area contributed by atoms with E-state index in [0.717, 1.165) is 17.7 Å². The van der Waals surface area contributed by atoms with E-state index < -0.39 is 63.2 Å². The zero-order valence-electron chi connectivity index (χ0n) is 18.7. The van der Waals surface area contributed by atoms with Gasteiger partial charge in [-0.2, -0.15) is 18.4 Å². The number of anilines is 1. The molecule has 1 fully saturated rings. The normalized spacial score (nSPS) is 23.2. The summed E-state index contributed by atoms with van der Waals surface area (Å²) < 4.78 is 74.0. The van der Waals surface area contributed by atoms with Crippen LogP contribution in [-0.2, 0) is 27.5 Å². The molecule has 1 amide bonds. The van der Waals surface area contributed by atoms with E-state index in [1.165, 1.54) is 11.0 Å². The first-order chi connectivity index (χ1) is 17.0. The summed E-state index contributed by atoms with van der Waals surface area (Å²) in [4.78, 5) is 14.1. The van der Waals surface area contributed by atoms with Gasteiger partial charge < -0.3 is 14.7 Å². The van der Waals surface area contributed by atoms with Gasteiger partial charge >= 0.3 is 12.3 Å². The van der Waals surface area contributed by atoms with Crippen LogP contribution in [-0.4, -0.2) is 49.0 Å². The number of hydrogen-bond donors (Lipinski definition) is 2. The molecule has 1 saturated heterocycles. The molecule has 0 spiro atoms. The van der Waals surface area contributed by atoms with Crippen LogP contribution in [0.1, 0.15) is 16.7 Å². The maximum Gasteiger partial charge on any atom is 0.417 e. The Kier molecular flexibility index (Phi) is 6.97. The highest BCUT2D eigenvalue weighted by Crippen LogP contribution is 2.40. The van der Waals surface area contributed by atoms with E-state index >= 15 is 0 Å². The van der Waals surface area contributed by atoms with Gasteiger partial charge in [0.15, 0.2) is 0 Å². The summed E-state index contributed by atoms with van der Waals surface area (Å²) in [5, 5.41) is 17.8. The SMILES string of the molecule is N#Cc1ccc(NS(=O)(=O)[C@@H]2[C@H](CO)[C@@H]3C=C[C@H]2CN3C(=O)OCc2ccccc2)cc1C(F)(F)F. The number of nitrogens with zero attached hydrogens (tertiary/aromatic N) is 2. The standard InChI is InChI=1S/C24H22F3N3O5S/c25-24(26,27)20-10-18(8-6-16(20)11-28)29-36(33,34)22-17-7-9-21(19(22)13-31)30(12-17)23(32)35-14-15-4-2-1-3-5-15/h1-10,17,19,21-22,29,31H,12-14H2/t17-,19+,21-,22-/m0/s1. The lowest BCUT2D eigenvalue weighted by Gasteiger charge is -2.49. The molecule has 0 saturated carbocycles. The number of alkyl halides is 3. The maximum atomic E-state index is 13.3. The van der Waals surface area contributed by atoms with E-state index in [1.54, 1.807) is 36.4 Å². The molecular weight excluding hydrogens is 499 g/mol. The summed E-state index contributed by atoms with van der Waals surface area (Å²) >= 11 is 0. The maximum absolute atomic E-state index is 13.3. The Morgan fingerprint density at radius 2 is 1.92 bits per heavy atom. The lowest BCUT2D eigenvalue weighted by Crippen LogP contribution is -2.62. The van der Waals surface area contributed by atoms with Gasteiger partial charge in [-0.05, 0) is 23.8 Å². The molecule has 0 aromatic heterocycles. The predicted molar refractivity (Wildman–Crippen MR) is 123 cm³/mol. The molecule has 1 aliphatic carbocycles. The molecule has 2 aromatic carbocycles. The zero-order chi connectivity index (χ0) is 26.1. The van der Waals surface area contributed by atoms with Crippen LogP contribution < -0.4 is 4.72 Å². The minimum Gasteiger partial charge on any atom is -0.445 e. The summed E-state index contributed by atoms with van der Waals surface area (Å²) in [5.74, 6) is -1.66. The molecule has 2 bridgehead atoms. The Balaban J connectivity index is 1.53. The fourth-order valence-electron chi connectivity index (χ4n) is 4.71. The van der Waals surface area contributed by atoms with Crippen molar-refractivity contribution < 1.29 is 36.2 Å². The number of nitrogens with one attached hydrogen (secondary N) is 1. The zero-order valence-corrected chi connectivity index (χ0v) is 19.5. The fourth-order valence-corrected chi connectivity index (χ4v) is 6.65. The van der Waals surface area contributed by atoms with Gasteiger partial charge in [0.1, 0.15) is 6.61 Å². The fraction of sp³-hybridized carbons (Fsp3) is 0.333. The van der Waals surface area contributed by atoms with E-state index in [4.69, 9.17) is 10.00 Å². The molecule has 0 radical (unpaired) electrons. The smallest absolute Gasteiger partial charge is 0.417 e. The van der Waals surface area contributed by atoms with Crippen molar-refractivity contribution in [1.29, 1.82) is 5.26 Å². The van der Waals surface area contributed by atoms with Crippen LogP contribution in [0.25, 0.3) is 0 Å². The van der Waals surface area contributed by atoms with Gasteiger partial charge in [-0.3, -0.25) is 4.72 Å². The third kappa shape index (κ3) is 5.03. The number of aliphatic hydroxyl groups is 1. The summed E-state index contributed by atoms with van der Waals surface area (Å²) in [6.45, 7) is -0.566. The number of amides is 1. The van der Waals surface area contributed by atoms with Crippen LogP contribution in [0.4, 0.5) is 23.7 Å². The average Bonchev–Trinajstić information content (AvgIpc) is 2.86. The summed E-state index contributed by atoms with van der Waals surface area (Å²) in [7, 11) is -4.31. The van der Waals surface area contributed by atoms with E-state index in [-0.39, 0.29) is 18.8 Å². The number of aliphatic hydroxyl groups excluding tert-OH is 1. The second-order valence-electron chi connectivity index (χ2n) is 8.56. The van der Waals surface area contributed by atoms with Crippen LogP contribution in [0.5, 0.6) is 0 Å². The third-order valence-corrected chi connectivity index (χ3v) is 8.26. The third-order valence-electron chi connectivity index (χ3n) is 6.32. The Morgan fingerprint density at radius 3 is 2.56 bits per heavy atom. The van der Waals surface area contributed by atoms with Crippen LogP contribution in [0, 0.1) is 23.2 Å². The summed E-state index contributed by atoms with van der Waals surface area (Å²) in [5.41, 5.74) is -1.49. The van der Waals surface area contributed by atoms with Gasteiger partial charge in [0.2, 0.25) is 10.0 Å². The molecule has 2 aliphatic heterocycles. The van der Waals surface area contributed by atoms with Gasteiger partial charge in [-0.25, -0.2) is 13.2 Å². The molecule has 3 aliphatic rings. The van der Waals surface area contributed by atoms with E-state index in [9.17, 15) is 31.5 Å². The number of carbonyl (C=O) groups excluding carboxylic acids is 1. The number of hydrogen-bond acceptors (Lipinski definition) is 6. The Hall–Kier alpha value is -3.56. The highest BCUT2D eigenvalue weighted by molar-refractivity contribution is 7.93. The summed E-state index contributed by atoms with van der Waals surface area (Å²) in [6, 6.07) is 12.2. The molecule has 2 N–H and O–H groups in total. The first kappa shape index (κ1) is 25.5. The van der Waals surface area contributed by atoms with Crippen molar-refractivity contribution >= 4 is 21.8 Å². The number of halogens is 3. The van der Waals surface area contributed by atoms with Crippen molar-refractivity contribution in [2.75, 3.05) is 17.9 Å². The van der Waals surface area contributed by atoms with E-state index in [0.29, 0.717) is 6.07 Å².